The van der Waals surface area contributed by atoms with Crippen molar-refractivity contribution in [3.8, 4) is 11.3 Å². The molecule has 4 heteroatoms. The van der Waals surface area contributed by atoms with E-state index >= 15 is 0 Å². The van der Waals surface area contributed by atoms with Crippen LogP contribution >= 0.6 is 11.3 Å². The summed E-state index contributed by atoms with van der Waals surface area (Å²) in [4.78, 5) is 5.93. The zero-order chi connectivity index (χ0) is 12.3. The zero-order valence-corrected chi connectivity index (χ0v) is 10.6. The maximum Gasteiger partial charge on any atom is 0.123 e. The average molecular weight is 260 g/mol. The molecule has 1 saturated carbocycles. The number of halogens is 1. The van der Waals surface area contributed by atoms with Crippen molar-refractivity contribution in [2.24, 2.45) is 11.7 Å². The second-order valence-electron chi connectivity index (χ2n) is 5.17. The van der Waals surface area contributed by atoms with Gasteiger partial charge in [0.25, 0.3) is 0 Å². The second-order valence-corrected chi connectivity index (χ2v) is 6.28. The summed E-state index contributed by atoms with van der Waals surface area (Å²) < 4.78 is 13.2. The van der Waals surface area contributed by atoms with Gasteiger partial charge in [-0.05, 0) is 42.5 Å². The summed E-state index contributed by atoms with van der Waals surface area (Å²) in [5.41, 5.74) is 9.35. The van der Waals surface area contributed by atoms with Crippen LogP contribution in [0.4, 0.5) is 4.39 Å². The molecule has 2 aromatic rings. The van der Waals surface area contributed by atoms with E-state index < -0.39 is 0 Å². The zero-order valence-electron chi connectivity index (χ0n) is 9.82. The Kier molecular flexibility index (Phi) is 2.14. The Morgan fingerprint density at radius 3 is 3.00 bits per heavy atom. The molecule has 1 unspecified atom stereocenters. The molecule has 0 aliphatic heterocycles. The molecule has 18 heavy (non-hydrogen) atoms. The van der Waals surface area contributed by atoms with Crippen LogP contribution in [0, 0.1) is 11.7 Å². The van der Waals surface area contributed by atoms with E-state index in [1.165, 1.54) is 23.8 Å². The van der Waals surface area contributed by atoms with Gasteiger partial charge in [0, 0.05) is 16.9 Å². The lowest BCUT2D eigenvalue weighted by Crippen LogP contribution is -2.11. The predicted octanol–water partition coefficient (Wildman–Crippen LogP) is 3.26. The molecule has 1 heterocycles. The largest absolute Gasteiger partial charge is 0.322 e. The molecule has 1 fully saturated rings. The van der Waals surface area contributed by atoms with Crippen molar-refractivity contribution in [3.05, 3.63) is 39.5 Å². The van der Waals surface area contributed by atoms with Crippen molar-refractivity contribution >= 4 is 11.3 Å². The van der Waals surface area contributed by atoms with Gasteiger partial charge in [-0.15, -0.1) is 11.3 Å². The topological polar surface area (TPSA) is 38.9 Å². The highest BCUT2D eigenvalue weighted by Gasteiger charge is 2.33. The molecule has 92 valence electrons. The third-order valence-corrected chi connectivity index (χ3v) is 4.96. The molecule has 2 N–H and O–H groups in total. The molecule has 4 rings (SSSR count). The quantitative estimate of drug-likeness (QED) is 0.768. The van der Waals surface area contributed by atoms with Gasteiger partial charge in [-0.25, -0.2) is 9.37 Å². The number of nitrogens with zero attached hydrogens (tertiary/aromatic N) is 1. The maximum absolute atomic E-state index is 13.2. The van der Waals surface area contributed by atoms with Crippen LogP contribution in [0.25, 0.3) is 11.3 Å². The van der Waals surface area contributed by atoms with E-state index in [4.69, 9.17) is 10.7 Å². The number of rotatable bonds is 2. The van der Waals surface area contributed by atoms with E-state index in [1.807, 2.05) is 6.07 Å². The fourth-order valence-electron chi connectivity index (χ4n) is 2.61. The number of aromatic nitrogens is 1. The summed E-state index contributed by atoms with van der Waals surface area (Å²) in [5.74, 6) is 0.461. The molecular weight excluding hydrogens is 247 g/mol. The van der Waals surface area contributed by atoms with E-state index in [1.54, 1.807) is 17.4 Å². The second kappa shape index (κ2) is 3.62. The summed E-state index contributed by atoms with van der Waals surface area (Å²) in [6.07, 6.45) is 3.26. The number of hydrogen-bond acceptors (Lipinski definition) is 3. The number of fused-ring (bicyclic) bond motifs is 3. The number of nitrogens with two attached hydrogens (primary N) is 1. The predicted molar refractivity (Wildman–Crippen MR) is 70.0 cm³/mol. The van der Waals surface area contributed by atoms with Crippen LogP contribution in [0.15, 0.2) is 18.2 Å². The Hall–Kier alpha value is -1.26. The molecule has 2 aliphatic rings. The van der Waals surface area contributed by atoms with Crippen LogP contribution in [-0.4, -0.2) is 4.98 Å². The summed E-state index contributed by atoms with van der Waals surface area (Å²) in [7, 11) is 0. The van der Waals surface area contributed by atoms with Crippen LogP contribution in [0.2, 0.25) is 0 Å². The molecule has 0 spiro atoms. The SMILES string of the molecule is NC(c1nc2c(s1)Cc1cc(F)ccc1-2)C1CC1. The van der Waals surface area contributed by atoms with Crippen LogP contribution in [0.5, 0.6) is 0 Å². The van der Waals surface area contributed by atoms with Crippen molar-refractivity contribution in [2.75, 3.05) is 0 Å². The van der Waals surface area contributed by atoms with Gasteiger partial charge in [-0.2, -0.15) is 0 Å². The van der Waals surface area contributed by atoms with Crippen molar-refractivity contribution in [2.45, 2.75) is 25.3 Å². The van der Waals surface area contributed by atoms with Gasteiger partial charge in [0.05, 0.1) is 11.7 Å². The minimum absolute atomic E-state index is 0.101. The third-order valence-electron chi connectivity index (χ3n) is 3.80. The first-order chi connectivity index (χ1) is 8.72. The molecule has 1 atom stereocenters. The Bertz CT molecular complexity index is 631. The summed E-state index contributed by atoms with van der Waals surface area (Å²) in [6.45, 7) is 0. The highest BCUT2D eigenvalue weighted by atomic mass is 32.1. The van der Waals surface area contributed by atoms with Gasteiger partial charge in [0.2, 0.25) is 0 Å². The Morgan fingerprint density at radius 2 is 2.22 bits per heavy atom. The molecule has 0 amide bonds. The smallest absolute Gasteiger partial charge is 0.123 e. The van der Waals surface area contributed by atoms with Crippen molar-refractivity contribution in [1.82, 2.24) is 4.98 Å². The van der Waals surface area contributed by atoms with E-state index in [-0.39, 0.29) is 11.9 Å². The van der Waals surface area contributed by atoms with Gasteiger partial charge in [-0.3, -0.25) is 0 Å². The first-order valence-electron chi connectivity index (χ1n) is 6.26. The van der Waals surface area contributed by atoms with E-state index in [0.29, 0.717) is 5.92 Å². The highest BCUT2D eigenvalue weighted by molar-refractivity contribution is 7.12. The number of hydrogen-bond donors (Lipinski definition) is 1. The lowest BCUT2D eigenvalue weighted by molar-refractivity contribution is 0.626. The first-order valence-corrected chi connectivity index (χ1v) is 7.08. The van der Waals surface area contributed by atoms with Crippen molar-refractivity contribution in [3.63, 3.8) is 0 Å². The minimum atomic E-state index is -0.168. The molecule has 2 nitrogen and oxygen atoms in total. The van der Waals surface area contributed by atoms with Crippen LogP contribution < -0.4 is 5.73 Å². The van der Waals surface area contributed by atoms with Crippen molar-refractivity contribution < 1.29 is 4.39 Å². The molecule has 0 saturated heterocycles. The monoisotopic (exact) mass is 260 g/mol. The molecule has 2 aliphatic carbocycles. The lowest BCUT2D eigenvalue weighted by Gasteiger charge is -2.05. The fourth-order valence-corrected chi connectivity index (χ4v) is 3.81. The number of benzene rings is 1. The molecular formula is C14H13FN2S. The Labute approximate surface area is 109 Å². The normalized spacial score (nSPS) is 18.6. The van der Waals surface area contributed by atoms with Crippen LogP contribution in [0.1, 0.15) is 34.3 Å². The number of thiazole rings is 1. The van der Waals surface area contributed by atoms with Gasteiger partial charge in [0.15, 0.2) is 0 Å². The molecule has 0 bridgehead atoms. The third kappa shape index (κ3) is 1.52. The Balaban J connectivity index is 1.76. The highest BCUT2D eigenvalue weighted by Crippen LogP contribution is 2.45. The van der Waals surface area contributed by atoms with Gasteiger partial charge >= 0.3 is 0 Å². The summed E-state index contributed by atoms with van der Waals surface area (Å²) in [5, 5.41) is 1.05. The average Bonchev–Trinajstić information content (AvgIpc) is 3.02. The van der Waals surface area contributed by atoms with Crippen LogP contribution in [0.3, 0.4) is 0 Å². The Morgan fingerprint density at radius 1 is 1.39 bits per heavy atom. The van der Waals surface area contributed by atoms with Gasteiger partial charge in [-0.1, -0.05) is 0 Å². The lowest BCUT2D eigenvalue weighted by atomic mass is 10.1. The van der Waals surface area contributed by atoms with Gasteiger partial charge < -0.3 is 5.73 Å². The summed E-state index contributed by atoms with van der Waals surface area (Å²) >= 11 is 1.70. The first kappa shape index (κ1) is 10.6. The van der Waals surface area contributed by atoms with Gasteiger partial charge in [0.1, 0.15) is 10.8 Å². The standard InChI is InChI=1S/C14H13FN2S/c15-9-3-4-10-8(5-9)6-11-13(10)17-14(18-11)12(16)7-1-2-7/h3-5,7,12H,1-2,6,16H2. The molecule has 1 aromatic carbocycles. The van der Waals surface area contributed by atoms with E-state index in [0.717, 1.165) is 28.2 Å². The van der Waals surface area contributed by atoms with Crippen LogP contribution in [-0.2, 0) is 6.42 Å². The van der Waals surface area contributed by atoms with E-state index in [9.17, 15) is 4.39 Å². The summed E-state index contributed by atoms with van der Waals surface area (Å²) in [6, 6.07) is 5.06. The molecule has 1 aromatic heterocycles. The fraction of sp³-hybridized carbons (Fsp3) is 0.357. The van der Waals surface area contributed by atoms with E-state index in [2.05, 4.69) is 0 Å². The molecule has 0 radical (unpaired) electrons. The maximum atomic E-state index is 13.2. The minimum Gasteiger partial charge on any atom is -0.322 e. The van der Waals surface area contributed by atoms with Crippen molar-refractivity contribution in [1.29, 1.82) is 0 Å².